The Morgan fingerprint density at radius 1 is 1.07 bits per heavy atom. The van der Waals surface area contributed by atoms with Crippen molar-refractivity contribution in [2.75, 3.05) is 49.2 Å². The highest BCUT2D eigenvalue weighted by atomic mass is 32.2. The largest absolute Gasteiger partial charge is 0.411 e. The standard InChI is InChI=1S/C20H22N6O2S/c1-25-10-12-26(13-11-25)17-4-2-16(3-5-17)22-18(27)14-29-20-24-23-19(28-20)15-6-8-21-9-7-15/h2-9H,10-14H2,1H3,(H,22,27). The van der Waals surface area contributed by atoms with Gasteiger partial charge in [-0.25, -0.2) is 0 Å². The third-order valence-corrected chi connectivity index (χ3v) is 5.50. The molecule has 0 aliphatic carbocycles. The molecule has 0 saturated carbocycles. The van der Waals surface area contributed by atoms with Crippen LogP contribution in [0.15, 0.2) is 58.4 Å². The number of anilines is 2. The van der Waals surface area contributed by atoms with E-state index in [0.29, 0.717) is 11.1 Å². The summed E-state index contributed by atoms with van der Waals surface area (Å²) in [6.45, 7) is 4.16. The number of thioether (sulfide) groups is 1. The van der Waals surface area contributed by atoms with Crippen LogP contribution in [0.3, 0.4) is 0 Å². The van der Waals surface area contributed by atoms with E-state index in [9.17, 15) is 4.79 Å². The molecule has 150 valence electrons. The number of nitrogens with zero attached hydrogens (tertiary/aromatic N) is 5. The lowest BCUT2D eigenvalue weighted by atomic mass is 10.2. The Kier molecular flexibility index (Phi) is 6.06. The molecule has 3 heterocycles. The minimum atomic E-state index is -0.119. The van der Waals surface area contributed by atoms with Crippen LogP contribution in [0.5, 0.6) is 0 Å². The predicted molar refractivity (Wildman–Crippen MR) is 113 cm³/mol. The first-order valence-corrected chi connectivity index (χ1v) is 10.4. The van der Waals surface area contributed by atoms with Crippen LogP contribution in [0, 0.1) is 0 Å². The molecule has 1 aliphatic rings. The molecule has 1 fully saturated rings. The van der Waals surface area contributed by atoms with Crippen molar-refractivity contribution < 1.29 is 9.21 Å². The minimum absolute atomic E-state index is 0.119. The molecule has 29 heavy (non-hydrogen) atoms. The van der Waals surface area contributed by atoms with E-state index < -0.39 is 0 Å². The molecule has 9 heteroatoms. The predicted octanol–water partition coefficient (Wildman–Crippen LogP) is 2.61. The topological polar surface area (TPSA) is 87.4 Å². The fourth-order valence-electron chi connectivity index (χ4n) is 3.02. The number of amides is 1. The molecule has 0 bridgehead atoms. The molecule has 1 amide bonds. The second-order valence-electron chi connectivity index (χ2n) is 6.78. The first-order chi connectivity index (χ1) is 14.2. The summed E-state index contributed by atoms with van der Waals surface area (Å²) in [5, 5.41) is 11.2. The van der Waals surface area contributed by atoms with Crippen LogP contribution < -0.4 is 10.2 Å². The molecule has 2 aromatic heterocycles. The summed E-state index contributed by atoms with van der Waals surface area (Å²) >= 11 is 1.21. The third-order valence-electron chi connectivity index (χ3n) is 4.68. The number of carbonyl (C=O) groups is 1. The highest BCUT2D eigenvalue weighted by Gasteiger charge is 2.15. The summed E-state index contributed by atoms with van der Waals surface area (Å²) in [7, 11) is 2.14. The summed E-state index contributed by atoms with van der Waals surface area (Å²) in [6.07, 6.45) is 3.32. The highest BCUT2D eigenvalue weighted by molar-refractivity contribution is 7.99. The van der Waals surface area contributed by atoms with Crippen molar-refractivity contribution in [3.8, 4) is 11.5 Å². The van der Waals surface area contributed by atoms with E-state index in [2.05, 4.69) is 37.3 Å². The molecule has 0 unspecified atom stereocenters. The van der Waals surface area contributed by atoms with Gasteiger partial charge in [0.05, 0.1) is 5.75 Å². The van der Waals surface area contributed by atoms with Gasteiger partial charge in [-0.2, -0.15) is 0 Å². The van der Waals surface area contributed by atoms with Crippen LogP contribution in [0.4, 0.5) is 11.4 Å². The Morgan fingerprint density at radius 3 is 2.52 bits per heavy atom. The summed E-state index contributed by atoms with van der Waals surface area (Å²) in [5.74, 6) is 0.485. The van der Waals surface area contributed by atoms with E-state index in [0.717, 1.165) is 37.4 Å². The zero-order valence-corrected chi connectivity index (χ0v) is 16.9. The van der Waals surface area contributed by atoms with E-state index in [-0.39, 0.29) is 11.7 Å². The number of pyridine rings is 1. The van der Waals surface area contributed by atoms with Gasteiger partial charge in [0.15, 0.2) is 0 Å². The van der Waals surface area contributed by atoms with Gasteiger partial charge in [0.1, 0.15) is 0 Å². The smallest absolute Gasteiger partial charge is 0.277 e. The molecule has 1 aliphatic heterocycles. The number of hydrogen-bond acceptors (Lipinski definition) is 8. The van der Waals surface area contributed by atoms with Gasteiger partial charge in [0, 0.05) is 55.5 Å². The number of carbonyl (C=O) groups excluding carboxylic acids is 1. The number of hydrogen-bond donors (Lipinski definition) is 1. The molecular weight excluding hydrogens is 388 g/mol. The average molecular weight is 411 g/mol. The molecule has 0 spiro atoms. The summed E-state index contributed by atoms with van der Waals surface area (Å²) in [4.78, 5) is 20.9. The molecule has 0 radical (unpaired) electrons. The Bertz CT molecular complexity index is 939. The number of aromatic nitrogens is 3. The Labute approximate surface area is 173 Å². The molecular formula is C20H22N6O2S. The fourth-order valence-corrected chi connectivity index (χ4v) is 3.59. The van der Waals surface area contributed by atoms with Crippen molar-refractivity contribution in [1.29, 1.82) is 0 Å². The van der Waals surface area contributed by atoms with E-state index >= 15 is 0 Å². The van der Waals surface area contributed by atoms with E-state index in [4.69, 9.17) is 4.42 Å². The van der Waals surface area contributed by atoms with Gasteiger partial charge in [0.2, 0.25) is 11.8 Å². The minimum Gasteiger partial charge on any atom is -0.411 e. The Morgan fingerprint density at radius 2 is 1.79 bits per heavy atom. The first-order valence-electron chi connectivity index (χ1n) is 9.37. The van der Waals surface area contributed by atoms with E-state index in [1.165, 1.54) is 17.4 Å². The van der Waals surface area contributed by atoms with Crippen LogP contribution in [-0.2, 0) is 4.79 Å². The lowest BCUT2D eigenvalue weighted by Crippen LogP contribution is -2.44. The summed E-state index contributed by atoms with van der Waals surface area (Å²) < 4.78 is 5.58. The van der Waals surface area contributed by atoms with Gasteiger partial charge in [0.25, 0.3) is 5.22 Å². The highest BCUT2D eigenvalue weighted by Crippen LogP contribution is 2.23. The molecule has 1 aromatic carbocycles. The number of benzene rings is 1. The van der Waals surface area contributed by atoms with Crippen LogP contribution in [0.1, 0.15) is 0 Å². The summed E-state index contributed by atoms with van der Waals surface area (Å²) in [5.41, 5.74) is 2.75. The number of nitrogens with one attached hydrogen (secondary N) is 1. The molecule has 1 N–H and O–H groups in total. The molecule has 8 nitrogen and oxygen atoms in total. The number of likely N-dealkylation sites (N-methyl/N-ethyl adjacent to an activating group) is 1. The quantitative estimate of drug-likeness (QED) is 0.621. The van der Waals surface area contributed by atoms with E-state index in [1.807, 2.05) is 24.3 Å². The maximum atomic E-state index is 12.2. The average Bonchev–Trinajstić information content (AvgIpc) is 3.23. The first kappa shape index (κ1) is 19.4. The third kappa shape index (κ3) is 5.12. The van der Waals surface area contributed by atoms with E-state index in [1.54, 1.807) is 24.5 Å². The zero-order chi connectivity index (χ0) is 20.1. The van der Waals surface area contributed by atoms with Crippen LogP contribution in [0.25, 0.3) is 11.5 Å². The van der Waals surface area contributed by atoms with Gasteiger partial charge in [-0.05, 0) is 43.4 Å². The monoisotopic (exact) mass is 410 g/mol. The second-order valence-corrected chi connectivity index (χ2v) is 7.71. The van der Waals surface area contributed by atoms with Crippen molar-refractivity contribution in [3.63, 3.8) is 0 Å². The fraction of sp³-hybridized carbons (Fsp3) is 0.300. The lowest BCUT2D eigenvalue weighted by Gasteiger charge is -2.34. The maximum Gasteiger partial charge on any atom is 0.277 e. The second kappa shape index (κ2) is 9.06. The van der Waals surface area contributed by atoms with Crippen molar-refractivity contribution in [3.05, 3.63) is 48.8 Å². The van der Waals surface area contributed by atoms with Crippen molar-refractivity contribution >= 4 is 29.0 Å². The van der Waals surface area contributed by atoms with Crippen molar-refractivity contribution in [2.24, 2.45) is 0 Å². The Hall–Kier alpha value is -2.91. The number of rotatable bonds is 6. The van der Waals surface area contributed by atoms with Crippen molar-refractivity contribution in [2.45, 2.75) is 5.22 Å². The van der Waals surface area contributed by atoms with Gasteiger partial charge >= 0.3 is 0 Å². The molecule has 1 saturated heterocycles. The van der Waals surface area contributed by atoms with Gasteiger partial charge in [-0.1, -0.05) is 11.8 Å². The maximum absolute atomic E-state index is 12.2. The molecule has 4 rings (SSSR count). The summed E-state index contributed by atoms with van der Waals surface area (Å²) in [6, 6.07) is 11.6. The van der Waals surface area contributed by atoms with Gasteiger partial charge in [-0.15, -0.1) is 10.2 Å². The SMILES string of the molecule is CN1CCN(c2ccc(NC(=O)CSc3nnc(-c4ccncc4)o3)cc2)CC1. The van der Waals surface area contributed by atoms with Gasteiger partial charge < -0.3 is 19.5 Å². The van der Waals surface area contributed by atoms with Crippen LogP contribution in [-0.4, -0.2) is 65.0 Å². The Balaban J connectivity index is 1.27. The van der Waals surface area contributed by atoms with Crippen LogP contribution >= 0.6 is 11.8 Å². The van der Waals surface area contributed by atoms with Crippen LogP contribution in [0.2, 0.25) is 0 Å². The lowest BCUT2D eigenvalue weighted by molar-refractivity contribution is -0.113. The van der Waals surface area contributed by atoms with Gasteiger partial charge in [-0.3, -0.25) is 9.78 Å². The van der Waals surface area contributed by atoms with Crippen molar-refractivity contribution in [1.82, 2.24) is 20.1 Å². The molecule has 3 aromatic rings. The normalized spacial score (nSPS) is 14.7. The molecule has 0 atom stereocenters. The number of piperazine rings is 1. The zero-order valence-electron chi connectivity index (χ0n) is 16.1.